The summed E-state index contributed by atoms with van der Waals surface area (Å²) in [6, 6.07) is 9.98. The summed E-state index contributed by atoms with van der Waals surface area (Å²) >= 11 is 0. The summed E-state index contributed by atoms with van der Waals surface area (Å²) in [5, 5.41) is 11.4. The van der Waals surface area contributed by atoms with Gasteiger partial charge in [-0.15, -0.1) is 0 Å². The number of aliphatic hydroxyl groups excluding tert-OH is 1. The molecule has 106 valence electrons. The highest BCUT2D eigenvalue weighted by Crippen LogP contribution is 2.30. The highest BCUT2D eigenvalue weighted by atomic mass is 16.5. The van der Waals surface area contributed by atoms with Crippen LogP contribution in [0.2, 0.25) is 0 Å². The molecule has 1 saturated carbocycles. The van der Waals surface area contributed by atoms with Crippen molar-refractivity contribution in [2.45, 2.75) is 45.3 Å². The Morgan fingerprint density at radius 2 is 1.95 bits per heavy atom. The van der Waals surface area contributed by atoms with Gasteiger partial charge in [-0.05, 0) is 49.1 Å². The number of hydrogen-bond donors (Lipinski definition) is 1. The lowest BCUT2D eigenvalue weighted by Gasteiger charge is -2.27. The van der Waals surface area contributed by atoms with Crippen LogP contribution in [-0.2, 0) is 6.61 Å². The van der Waals surface area contributed by atoms with E-state index >= 15 is 0 Å². The highest BCUT2D eigenvalue weighted by molar-refractivity contribution is 5.87. The van der Waals surface area contributed by atoms with Crippen molar-refractivity contribution in [3.8, 4) is 5.88 Å². The van der Waals surface area contributed by atoms with Crippen molar-refractivity contribution in [3.63, 3.8) is 0 Å². The van der Waals surface area contributed by atoms with E-state index in [0.717, 1.165) is 29.5 Å². The van der Waals surface area contributed by atoms with E-state index in [1.54, 1.807) is 0 Å². The molecule has 0 aliphatic heterocycles. The van der Waals surface area contributed by atoms with Crippen molar-refractivity contribution in [2.24, 2.45) is 5.92 Å². The topological polar surface area (TPSA) is 42.4 Å². The van der Waals surface area contributed by atoms with Crippen molar-refractivity contribution in [1.29, 1.82) is 0 Å². The Balaban J connectivity index is 1.89. The first kappa shape index (κ1) is 13.4. The second kappa shape index (κ2) is 5.80. The zero-order valence-corrected chi connectivity index (χ0v) is 11.9. The average molecular weight is 271 g/mol. The van der Waals surface area contributed by atoms with E-state index in [1.165, 1.54) is 12.8 Å². The summed E-state index contributed by atoms with van der Waals surface area (Å²) in [6.45, 7) is 2.25. The Bertz CT molecular complexity index is 589. The van der Waals surface area contributed by atoms with E-state index in [0.29, 0.717) is 11.6 Å². The van der Waals surface area contributed by atoms with Gasteiger partial charge in [0, 0.05) is 5.39 Å². The standard InChI is InChI=1S/C17H21NO2/c1-12-6-8-15(9-7-12)20-17-16-5-3-2-4-13(16)10-14(11-19)18-17/h2-5,10,12,15,19H,6-9,11H2,1H3. The van der Waals surface area contributed by atoms with Gasteiger partial charge >= 0.3 is 0 Å². The molecule has 0 amide bonds. The molecule has 0 radical (unpaired) electrons. The van der Waals surface area contributed by atoms with E-state index in [9.17, 15) is 5.11 Å². The van der Waals surface area contributed by atoms with Crippen molar-refractivity contribution >= 4 is 10.8 Å². The first-order valence-electron chi connectivity index (χ1n) is 7.42. The molecule has 0 saturated heterocycles. The Morgan fingerprint density at radius 1 is 1.20 bits per heavy atom. The van der Waals surface area contributed by atoms with E-state index < -0.39 is 0 Å². The monoisotopic (exact) mass is 271 g/mol. The quantitative estimate of drug-likeness (QED) is 0.926. The minimum absolute atomic E-state index is 0.0527. The Kier molecular flexibility index (Phi) is 3.88. The summed E-state index contributed by atoms with van der Waals surface area (Å²) in [7, 11) is 0. The number of rotatable bonds is 3. The van der Waals surface area contributed by atoms with Crippen LogP contribution in [0.15, 0.2) is 30.3 Å². The lowest BCUT2D eigenvalue weighted by Crippen LogP contribution is -2.23. The molecular formula is C17H21NO2. The maximum Gasteiger partial charge on any atom is 0.221 e. The van der Waals surface area contributed by atoms with E-state index in [4.69, 9.17) is 4.74 Å². The Morgan fingerprint density at radius 3 is 2.70 bits per heavy atom. The number of aliphatic hydroxyl groups is 1. The number of fused-ring (bicyclic) bond motifs is 1. The molecule has 1 aromatic carbocycles. The Labute approximate surface area is 119 Å². The van der Waals surface area contributed by atoms with Gasteiger partial charge in [0.05, 0.1) is 12.3 Å². The molecular weight excluding hydrogens is 250 g/mol. The fourth-order valence-corrected chi connectivity index (χ4v) is 2.90. The van der Waals surface area contributed by atoms with Crippen molar-refractivity contribution in [3.05, 3.63) is 36.0 Å². The predicted molar refractivity (Wildman–Crippen MR) is 79.7 cm³/mol. The first-order chi connectivity index (χ1) is 9.76. The molecule has 1 aliphatic rings. The van der Waals surface area contributed by atoms with Gasteiger partial charge in [-0.25, -0.2) is 4.98 Å². The van der Waals surface area contributed by atoms with Crippen LogP contribution in [0.5, 0.6) is 5.88 Å². The third-order valence-corrected chi connectivity index (χ3v) is 4.16. The van der Waals surface area contributed by atoms with Gasteiger partial charge in [0.15, 0.2) is 0 Å². The second-order valence-corrected chi connectivity index (χ2v) is 5.80. The number of ether oxygens (including phenoxy) is 1. The van der Waals surface area contributed by atoms with Crippen LogP contribution >= 0.6 is 0 Å². The molecule has 1 aliphatic carbocycles. The molecule has 0 bridgehead atoms. The molecule has 0 atom stereocenters. The van der Waals surface area contributed by atoms with Crippen LogP contribution in [0.4, 0.5) is 0 Å². The number of hydrogen-bond acceptors (Lipinski definition) is 3. The highest BCUT2D eigenvalue weighted by Gasteiger charge is 2.21. The molecule has 20 heavy (non-hydrogen) atoms. The molecule has 3 heteroatoms. The molecule has 0 unspecified atom stereocenters. The average Bonchev–Trinajstić information content (AvgIpc) is 2.49. The summed E-state index contributed by atoms with van der Waals surface area (Å²) in [6.07, 6.45) is 4.90. The Hall–Kier alpha value is -1.61. The lowest BCUT2D eigenvalue weighted by atomic mass is 9.89. The molecule has 1 fully saturated rings. The van der Waals surface area contributed by atoms with Gasteiger partial charge in [-0.1, -0.05) is 25.1 Å². The molecule has 1 aromatic heterocycles. The summed E-state index contributed by atoms with van der Waals surface area (Å²) < 4.78 is 6.14. The zero-order valence-electron chi connectivity index (χ0n) is 11.9. The number of aromatic nitrogens is 1. The van der Waals surface area contributed by atoms with Gasteiger partial charge in [-0.3, -0.25) is 0 Å². The van der Waals surface area contributed by atoms with Crippen LogP contribution in [-0.4, -0.2) is 16.2 Å². The van der Waals surface area contributed by atoms with Gasteiger partial charge in [-0.2, -0.15) is 0 Å². The SMILES string of the molecule is CC1CCC(Oc2nc(CO)cc3ccccc23)CC1. The minimum Gasteiger partial charge on any atom is -0.474 e. The third kappa shape index (κ3) is 2.78. The molecule has 3 rings (SSSR count). The predicted octanol–water partition coefficient (Wildman–Crippen LogP) is 3.68. The van der Waals surface area contributed by atoms with Crippen molar-refractivity contribution < 1.29 is 9.84 Å². The smallest absolute Gasteiger partial charge is 0.221 e. The zero-order chi connectivity index (χ0) is 13.9. The van der Waals surface area contributed by atoms with E-state index in [-0.39, 0.29) is 12.7 Å². The van der Waals surface area contributed by atoms with Crippen LogP contribution < -0.4 is 4.74 Å². The third-order valence-electron chi connectivity index (χ3n) is 4.16. The maximum atomic E-state index is 9.34. The molecule has 0 spiro atoms. The van der Waals surface area contributed by atoms with Crippen molar-refractivity contribution in [1.82, 2.24) is 4.98 Å². The van der Waals surface area contributed by atoms with Crippen LogP contribution in [0.3, 0.4) is 0 Å². The molecule has 2 aromatic rings. The van der Waals surface area contributed by atoms with E-state index in [2.05, 4.69) is 11.9 Å². The van der Waals surface area contributed by atoms with E-state index in [1.807, 2.05) is 30.3 Å². The van der Waals surface area contributed by atoms with Gasteiger partial charge in [0.25, 0.3) is 0 Å². The summed E-state index contributed by atoms with van der Waals surface area (Å²) in [4.78, 5) is 4.46. The van der Waals surface area contributed by atoms with Crippen LogP contribution in [0.25, 0.3) is 10.8 Å². The number of pyridine rings is 1. The molecule has 1 N–H and O–H groups in total. The van der Waals surface area contributed by atoms with Gasteiger partial charge < -0.3 is 9.84 Å². The largest absolute Gasteiger partial charge is 0.474 e. The van der Waals surface area contributed by atoms with Crippen LogP contribution in [0.1, 0.15) is 38.3 Å². The van der Waals surface area contributed by atoms with Gasteiger partial charge in [0.2, 0.25) is 5.88 Å². The summed E-state index contributed by atoms with van der Waals surface area (Å²) in [5.74, 6) is 1.48. The lowest BCUT2D eigenvalue weighted by molar-refractivity contribution is 0.131. The molecule has 1 heterocycles. The summed E-state index contributed by atoms with van der Waals surface area (Å²) in [5.41, 5.74) is 0.669. The fraction of sp³-hybridized carbons (Fsp3) is 0.471. The first-order valence-corrected chi connectivity index (χ1v) is 7.42. The second-order valence-electron chi connectivity index (χ2n) is 5.80. The number of benzene rings is 1. The van der Waals surface area contributed by atoms with Gasteiger partial charge in [0.1, 0.15) is 6.10 Å². The van der Waals surface area contributed by atoms with Crippen molar-refractivity contribution in [2.75, 3.05) is 0 Å². The number of nitrogens with zero attached hydrogens (tertiary/aromatic N) is 1. The maximum absolute atomic E-state index is 9.34. The van der Waals surface area contributed by atoms with Crippen LogP contribution in [0, 0.1) is 5.92 Å². The normalized spacial score (nSPS) is 22.9. The minimum atomic E-state index is -0.0527. The fourth-order valence-electron chi connectivity index (χ4n) is 2.90. The molecule has 3 nitrogen and oxygen atoms in total.